The van der Waals surface area contributed by atoms with Crippen molar-refractivity contribution in [2.75, 3.05) is 9.80 Å². The van der Waals surface area contributed by atoms with E-state index < -0.39 is 0 Å². The molecular formula is C64H40N2O4. The van der Waals surface area contributed by atoms with Gasteiger partial charge in [-0.1, -0.05) is 120 Å². The number of benzene rings is 11. The first-order valence-electron chi connectivity index (χ1n) is 23.7. The number of hydrogen-bond donors (Lipinski definition) is 0. The van der Waals surface area contributed by atoms with Crippen LogP contribution in [0.15, 0.2) is 224 Å². The molecule has 0 atom stereocenters. The van der Waals surface area contributed by atoms with Gasteiger partial charge in [-0.05, 0) is 110 Å². The fourth-order valence-corrected chi connectivity index (χ4v) is 11.1. The summed E-state index contributed by atoms with van der Waals surface area (Å²) in [7, 11) is 0. The third-order valence-electron chi connectivity index (χ3n) is 14.3. The maximum Gasteiger partial charge on any atom is 0.138 e. The first kappa shape index (κ1) is 38.8. The Balaban J connectivity index is 0.942. The topological polar surface area (TPSA) is 59.0 Å². The predicted molar refractivity (Wildman–Crippen MR) is 289 cm³/mol. The summed E-state index contributed by atoms with van der Waals surface area (Å²) in [5.74, 6) is 0. The number of rotatable bonds is 6. The molecule has 0 N–H and O–H groups in total. The second-order valence-corrected chi connectivity index (χ2v) is 18.6. The average molecular weight is 901 g/mol. The van der Waals surface area contributed by atoms with Crippen molar-refractivity contribution in [3.8, 4) is 0 Å². The van der Waals surface area contributed by atoms with Crippen LogP contribution in [0.4, 0.5) is 34.1 Å². The summed E-state index contributed by atoms with van der Waals surface area (Å²) in [6.45, 7) is 4.25. The SMILES string of the molecule is Cc1ccc(N(c2ccc3oc4ccccc4c3c2)c2cc3oc4cc5c(cc4c3c3ccccc23)oc2cc(N(c3ccc(C)cc3)c3ccc4oc6ccccc6c4c3)c3ccccc3c25)cc1. The molecule has 70 heavy (non-hydrogen) atoms. The van der Waals surface area contributed by atoms with Gasteiger partial charge in [-0.25, -0.2) is 0 Å². The molecule has 0 fully saturated rings. The molecule has 0 bridgehead atoms. The lowest BCUT2D eigenvalue weighted by atomic mass is 9.98. The predicted octanol–water partition coefficient (Wildman–Crippen LogP) is 19.1. The Bertz CT molecular complexity index is 4330. The Morgan fingerprint density at radius 2 is 0.586 bits per heavy atom. The molecule has 15 aromatic rings. The fraction of sp³-hybridized carbons (Fsp3) is 0.0312. The van der Waals surface area contributed by atoms with Crippen LogP contribution in [-0.2, 0) is 0 Å². The molecule has 0 unspecified atom stereocenters. The minimum Gasteiger partial charge on any atom is -0.456 e. The zero-order valence-corrected chi connectivity index (χ0v) is 38.2. The average Bonchev–Trinajstić information content (AvgIpc) is 4.17. The zero-order chi connectivity index (χ0) is 46.2. The molecule has 4 heterocycles. The molecule has 11 aromatic carbocycles. The van der Waals surface area contributed by atoms with Gasteiger partial charge < -0.3 is 27.5 Å². The highest BCUT2D eigenvalue weighted by molar-refractivity contribution is 6.28. The van der Waals surface area contributed by atoms with E-state index in [0.717, 1.165) is 143 Å². The highest BCUT2D eigenvalue weighted by Crippen LogP contribution is 2.49. The number of anilines is 6. The standard InChI is InChI=1S/C64H40N2O4/c1-37-19-23-39(24-20-37)65(41-27-29-57-49(31-41)45-13-7-9-17-55(45)67-57)53-35-61-63(47-15-5-3-11-43(47)53)51-33-60-52(34-59(51)69-61)64-48-16-6-4-12-44(48)54(36-62(64)70-60)66(40-25-21-38(2)22-26-40)42-28-30-58-50(32-42)46-14-8-10-18-56(46)68-58/h3-36H,1-2H3. The van der Waals surface area contributed by atoms with E-state index in [-0.39, 0.29) is 0 Å². The van der Waals surface area contributed by atoms with E-state index in [4.69, 9.17) is 17.7 Å². The highest BCUT2D eigenvalue weighted by atomic mass is 16.3. The molecule has 0 spiro atoms. The molecule has 0 saturated heterocycles. The summed E-state index contributed by atoms with van der Waals surface area (Å²) < 4.78 is 26.7. The van der Waals surface area contributed by atoms with E-state index in [9.17, 15) is 0 Å². The smallest absolute Gasteiger partial charge is 0.138 e. The zero-order valence-electron chi connectivity index (χ0n) is 38.2. The monoisotopic (exact) mass is 900 g/mol. The van der Waals surface area contributed by atoms with Gasteiger partial charge in [0, 0.05) is 88.7 Å². The Morgan fingerprint density at radius 1 is 0.243 bits per heavy atom. The van der Waals surface area contributed by atoms with Gasteiger partial charge >= 0.3 is 0 Å². The Morgan fingerprint density at radius 3 is 1.01 bits per heavy atom. The van der Waals surface area contributed by atoms with E-state index in [0.29, 0.717) is 0 Å². The fourth-order valence-electron chi connectivity index (χ4n) is 11.1. The van der Waals surface area contributed by atoms with Crippen LogP contribution in [0, 0.1) is 13.8 Å². The third kappa shape index (κ3) is 5.74. The lowest BCUT2D eigenvalue weighted by molar-refractivity contribution is 0.664. The van der Waals surface area contributed by atoms with Crippen molar-refractivity contribution in [2.24, 2.45) is 0 Å². The number of aryl methyl sites for hydroxylation is 2. The van der Waals surface area contributed by atoms with Gasteiger partial charge in [-0.3, -0.25) is 0 Å². The van der Waals surface area contributed by atoms with Crippen molar-refractivity contribution < 1.29 is 17.7 Å². The van der Waals surface area contributed by atoms with Crippen molar-refractivity contribution in [1.82, 2.24) is 0 Å². The summed E-state index contributed by atoms with van der Waals surface area (Å²) >= 11 is 0. The van der Waals surface area contributed by atoms with Gasteiger partial charge in [0.1, 0.15) is 44.7 Å². The van der Waals surface area contributed by atoms with E-state index in [2.05, 4.69) is 206 Å². The van der Waals surface area contributed by atoms with Gasteiger partial charge in [0.25, 0.3) is 0 Å². The maximum atomic E-state index is 7.04. The van der Waals surface area contributed by atoms with Crippen molar-refractivity contribution >= 4 is 143 Å². The van der Waals surface area contributed by atoms with Crippen LogP contribution >= 0.6 is 0 Å². The molecule has 15 rings (SSSR count). The third-order valence-corrected chi connectivity index (χ3v) is 14.3. The van der Waals surface area contributed by atoms with Crippen LogP contribution in [-0.4, -0.2) is 0 Å². The van der Waals surface area contributed by atoms with Crippen molar-refractivity contribution in [2.45, 2.75) is 13.8 Å². The van der Waals surface area contributed by atoms with Crippen molar-refractivity contribution in [3.63, 3.8) is 0 Å². The minimum absolute atomic E-state index is 0.802. The molecule has 0 saturated carbocycles. The van der Waals surface area contributed by atoms with Crippen molar-refractivity contribution in [1.29, 1.82) is 0 Å². The van der Waals surface area contributed by atoms with Gasteiger partial charge in [0.2, 0.25) is 0 Å². The molecule has 0 radical (unpaired) electrons. The van der Waals surface area contributed by atoms with Gasteiger partial charge in [-0.2, -0.15) is 0 Å². The van der Waals surface area contributed by atoms with E-state index in [1.54, 1.807) is 0 Å². The van der Waals surface area contributed by atoms with Crippen LogP contribution in [0.2, 0.25) is 0 Å². The van der Waals surface area contributed by atoms with Crippen LogP contribution in [0.1, 0.15) is 11.1 Å². The summed E-state index contributed by atoms with van der Waals surface area (Å²) in [5.41, 5.74) is 15.2. The summed E-state index contributed by atoms with van der Waals surface area (Å²) in [4.78, 5) is 4.68. The maximum absolute atomic E-state index is 7.04. The molecule has 330 valence electrons. The molecule has 0 aliphatic heterocycles. The Kier molecular flexibility index (Phi) is 8.10. The minimum atomic E-state index is 0.802. The number of fused-ring (bicyclic) bond motifs is 16. The quantitative estimate of drug-likeness (QED) is 0.166. The van der Waals surface area contributed by atoms with E-state index >= 15 is 0 Å². The number of hydrogen-bond acceptors (Lipinski definition) is 6. The molecule has 0 amide bonds. The molecule has 6 nitrogen and oxygen atoms in total. The van der Waals surface area contributed by atoms with Crippen LogP contribution in [0.5, 0.6) is 0 Å². The van der Waals surface area contributed by atoms with Gasteiger partial charge in [-0.15, -0.1) is 0 Å². The molecule has 4 aromatic heterocycles. The van der Waals surface area contributed by atoms with E-state index in [1.807, 2.05) is 24.3 Å². The van der Waals surface area contributed by atoms with Gasteiger partial charge in [0.05, 0.1) is 11.4 Å². The molecular weight excluding hydrogens is 861 g/mol. The number of para-hydroxylation sites is 2. The van der Waals surface area contributed by atoms with Crippen LogP contribution in [0.3, 0.4) is 0 Å². The summed E-state index contributed by atoms with van der Waals surface area (Å²) in [6.07, 6.45) is 0. The number of furan rings is 4. The first-order chi connectivity index (χ1) is 34.5. The second kappa shape index (κ2) is 14.6. The lowest BCUT2D eigenvalue weighted by Gasteiger charge is -2.27. The summed E-state index contributed by atoms with van der Waals surface area (Å²) in [5, 5.41) is 12.8. The summed E-state index contributed by atoms with van der Waals surface area (Å²) in [6, 6.07) is 73.0. The normalized spacial score (nSPS) is 12.1. The van der Waals surface area contributed by atoms with Crippen LogP contribution in [0.25, 0.3) is 109 Å². The molecule has 0 aliphatic carbocycles. The van der Waals surface area contributed by atoms with Crippen LogP contribution < -0.4 is 9.80 Å². The number of nitrogens with zero attached hydrogens (tertiary/aromatic N) is 2. The molecule has 0 aliphatic rings. The van der Waals surface area contributed by atoms with Crippen molar-refractivity contribution in [3.05, 3.63) is 217 Å². The largest absolute Gasteiger partial charge is 0.456 e. The Labute approximate surface area is 400 Å². The van der Waals surface area contributed by atoms with E-state index in [1.165, 1.54) is 11.1 Å². The lowest BCUT2D eigenvalue weighted by Crippen LogP contribution is -2.10. The molecule has 6 heteroatoms. The highest BCUT2D eigenvalue weighted by Gasteiger charge is 2.25. The Hall–Kier alpha value is -9.26. The second-order valence-electron chi connectivity index (χ2n) is 18.6. The first-order valence-corrected chi connectivity index (χ1v) is 23.7. The van der Waals surface area contributed by atoms with Gasteiger partial charge in [0.15, 0.2) is 0 Å².